The van der Waals surface area contributed by atoms with Crippen molar-refractivity contribution >= 4 is 40.3 Å². The molecular formula is C17H15ClN4O. The molecular weight excluding hydrogens is 312 g/mol. The van der Waals surface area contributed by atoms with E-state index in [1.807, 2.05) is 49.5 Å². The van der Waals surface area contributed by atoms with Crippen molar-refractivity contribution in [3.05, 3.63) is 60.2 Å². The van der Waals surface area contributed by atoms with E-state index in [1.165, 1.54) is 0 Å². The van der Waals surface area contributed by atoms with Gasteiger partial charge in [-0.3, -0.25) is 4.98 Å². The first-order valence-corrected chi connectivity index (χ1v) is 7.10. The molecule has 116 valence electrons. The molecule has 0 fully saturated rings. The van der Waals surface area contributed by atoms with Crippen LogP contribution in [-0.4, -0.2) is 15.0 Å². The van der Waals surface area contributed by atoms with Crippen LogP contribution in [0.5, 0.6) is 0 Å². The van der Waals surface area contributed by atoms with E-state index in [2.05, 4.69) is 20.3 Å². The standard InChI is InChI=1S/C17H14N4O.ClH/c1-11-20-15-13-6-2-3-7-14(13)22-16(15)17(21-11)19-10-12-5-4-8-18-9-12;/h2-9H,10H2,1H3,(H,19,20,21);1H. The molecule has 0 aliphatic heterocycles. The number of furan rings is 1. The van der Waals surface area contributed by atoms with Crippen molar-refractivity contribution in [1.29, 1.82) is 0 Å². The van der Waals surface area contributed by atoms with E-state index in [4.69, 9.17) is 4.42 Å². The van der Waals surface area contributed by atoms with Crippen LogP contribution >= 0.6 is 12.4 Å². The molecule has 4 rings (SSSR count). The summed E-state index contributed by atoms with van der Waals surface area (Å²) in [6, 6.07) is 11.8. The van der Waals surface area contributed by atoms with Gasteiger partial charge in [0.2, 0.25) is 0 Å². The lowest BCUT2D eigenvalue weighted by Crippen LogP contribution is -2.03. The molecule has 0 unspecified atom stereocenters. The van der Waals surface area contributed by atoms with E-state index in [0.29, 0.717) is 23.8 Å². The SMILES string of the molecule is Cc1nc(NCc2cccnc2)c2oc3ccccc3c2n1.Cl. The highest BCUT2D eigenvalue weighted by Gasteiger charge is 2.14. The number of anilines is 1. The fraction of sp³-hybridized carbons (Fsp3) is 0.118. The maximum Gasteiger partial charge on any atom is 0.196 e. The molecule has 0 bridgehead atoms. The van der Waals surface area contributed by atoms with Crippen molar-refractivity contribution in [2.75, 3.05) is 5.32 Å². The van der Waals surface area contributed by atoms with Crippen LogP contribution in [0, 0.1) is 6.92 Å². The first-order valence-electron chi connectivity index (χ1n) is 7.10. The number of aryl methyl sites for hydroxylation is 1. The number of para-hydroxylation sites is 1. The highest BCUT2D eigenvalue weighted by atomic mass is 35.5. The van der Waals surface area contributed by atoms with Crippen LogP contribution in [-0.2, 0) is 6.54 Å². The third-order valence-electron chi connectivity index (χ3n) is 3.51. The molecule has 0 saturated carbocycles. The van der Waals surface area contributed by atoms with E-state index in [0.717, 1.165) is 22.0 Å². The molecule has 3 aromatic heterocycles. The van der Waals surface area contributed by atoms with Crippen LogP contribution in [0.3, 0.4) is 0 Å². The molecule has 0 spiro atoms. The normalized spacial score (nSPS) is 10.7. The van der Waals surface area contributed by atoms with Gasteiger partial charge in [-0.2, -0.15) is 0 Å². The number of fused-ring (bicyclic) bond motifs is 3. The van der Waals surface area contributed by atoms with Gasteiger partial charge >= 0.3 is 0 Å². The minimum absolute atomic E-state index is 0. The summed E-state index contributed by atoms with van der Waals surface area (Å²) in [7, 11) is 0. The smallest absolute Gasteiger partial charge is 0.196 e. The Kier molecular flexibility index (Phi) is 4.12. The molecule has 1 N–H and O–H groups in total. The van der Waals surface area contributed by atoms with Crippen LogP contribution < -0.4 is 5.32 Å². The number of hydrogen-bond donors (Lipinski definition) is 1. The van der Waals surface area contributed by atoms with Gasteiger partial charge in [-0.25, -0.2) is 9.97 Å². The number of halogens is 1. The first kappa shape index (κ1) is 15.2. The second-order valence-corrected chi connectivity index (χ2v) is 5.11. The topological polar surface area (TPSA) is 63.8 Å². The average molecular weight is 327 g/mol. The number of pyridine rings is 1. The predicted molar refractivity (Wildman–Crippen MR) is 92.9 cm³/mol. The molecule has 0 saturated heterocycles. The molecule has 0 radical (unpaired) electrons. The zero-order valence-electron chi connectivity index (χ0n) is 12.5. The summed E-state index contributed by atoms with van der Waals surface area (Å²) in [5.74, 6) is 1.43. The largest absolute Gasteiger partial charge is 0.450 e. The van der Waals surface area contributed by atoms with Crippen molar-refractivity contribution in [3.8, 4) is 0 Å². The maximum atomic E-state index is 5.92. The lowest BCUT2D eigenvalue weighted by Gasteiger charge is -2.06. The second-order valence-electron chi connectivity index (χ2n) is 5.11. The summed E-state index contributed by atoms with van der Waals surface area (Å²) in [5.41, 5.74) is 3.44. The van der Waals surface area contributed by atoms with Crippen LogP contribution in [0.15, 0.2) is 53.2 Å². The highest BCUT2D eigenvalue weighted by molar-refractivity contribution is 6.05. The zero-order chi connectivity index (χ0) is 14.9. The highest BCUT2D eigenvalue weighted by Crippen LogP contribution is 2.31. The van der Waals surface area contributed by atoms with Gasteiger partial charge in [0.15, 0.2) is 11.4 Å². The number of aromatic nitrogens is 3. The Morgan fingerprint density at radius 1 is 1.09 bits per heavy atom. The lowest BCUT2D eigenvalue weighted by atomic mass is 10.2. The summed E-state index contributed by atoms with van der Waals surface area (Å²) in [5, 5.41) is 4.33. The monoisotopic (exact) mass is 326 g/mol. The average Bonchev–Trinajstić information content (AvgIpc) is 2.92. The van der Waals surface area contributed by atoms with E-state index < -0.39 is 0 Å². The van der Waals surface area contributed by atoms with Gasteiger partial charge in [-0.15, -0.1) is 12.4 Å². The quantitative estimate of drug-likeness (QED) is 0.613. The number of rotatable bonds is 3. The Hall–Kier alpha value is -2.66. The molecule has 5 nitrogen and oxygen atoms in total. The maximum absolute atomic E-state index is 5.92. The van der Waals surface area contributed by atoms with E-state index in [9.17, 15) is 0 Å². The minimum atomic E-state index is 0. The molecule has 0 aliphatic carbocycles. The molecule has 0 aliphatic rings. The Morgan fingerprint density at radius 3 is 2.78 bits per heavy atom. The second kappa shape index (κ2) is 6.22. The summed E-state index contributed by atoms with van der Waals surface area (Å²) >= 11 is 0. The molecule has 23 heavy (non-hydrogen) atoms. The van der Waals surface area contributed by atoms with E-state index in [1.54, 1.807) is 6.20 Å². The van der Waals surface area contributed by atoms with Gasteiger partial charge in [0.1, 0.15) is 16.9 Å². The Bertz CT molecular complexity index is 953. The fourth-order valence-corrected chi connectivity index (χ4v) is 2.51. The summed E-state index contributed by atoms with van der Waals surface area (Å²) in [4.78, 5) is 13.1. The summed E-state index contributed by atoms with van der Waals surface area (Å²) in [6.45, 7) is 2.52. The van der Waals surface area contributed by atoms with Crippen LogP contribution in [0.25, 0.3) is 22.1 Å². The number of nitrogens with one attached hydrogen (secondary N) is 1. The van der Waals surface area contributed by atoms with Gasteiger partial charge < -0.3 is 9.73 Å². The van der Waals surface area contributed by atoms with Gasteiger partial charge in [-0.05, 0) is 30.7 Å². The van der Waals surface area contributed by atoms with Gasteiger partial charge in [0.25, 0.3) is 0 Å². The summed E-state index contributed by atoms with van der Waals surface area (Å²) < 4.78 is 5.92. The molecule has 1 aromatic carbocycles. The van der Waals surface area contributed by atoms with Crippen molar-refractivity contribution in [3.63, 3.8) is 0 Å². The third kappa shape index (κ3) is 2.83. The van der Waals surface area contributed by atoms with Gasteiger partial charge in [0, 0.05) is 24.3 Å². The predicted octanol–water partition coefficient (Wildman–Crippen LogP) is 4.11. The fourth-order valence-electron chi connectivity index (χ4n) is 2.51. The first-order chi connectivity index (χ1) is 10.8. The number of benzene rings is 1. The zero-order valence-corrected chi connectivity index (χ0v) is 13.3. The van der Waals surface area contributed by atoms with Crippen molar-refractivity contribution in [1.82, 2.24) is 15.0 Å². The Morgan fingerprint density at radius 2 is 1.96 bits per heavy atom. The van der Waals surface area contributed by atoms with Gasteiger partial charge in [0.05, 0.1) is 0 Å². The van der Waals surface area contributed by atoms with Crippen molar-refractivity contribution < 1.29 is 4.42 Å². The molecule has 6 heteroatoms. The third-order valence-corrected chi connectivity index (χ3v) is 3.51. The Labute approximate surface area is 139 Å². The van der Waals surface area contributed by atoms with Crippen LogP contribution in [0.2, 0.25) is 0 Å². The molecule has 0 atom stereocenters. The van der Waals surface area contributed by atoms with E-state index >= 15 is 0 Å². The van der Waals surface area contributed by atoms with Crippen molar-refractivity contribution in [2.45, 2.75) is 13.5 Å². The Balaban J connectivity index is 0.00000156. The lowest BCUT2D eigenvalue weighted by molar-refractivity contribution is 0.666. The summed E-state index contributed by atoms with van der Waals surface area (Å²) in [6.07, 6.45) is 3.59. The van der Waals surface area contributed by atoms with Crippen LogP contribution in [0.1, 0.15) is 11.4 Å². The molecule has 0 amide bonds. The minimum Gasteiger partial charge on any atom is -0.450 e. The van der Waals surface area contributed by atoms with Crippen molar-refractivity contribution in [2.24, 2.45) is 0 Å². The van der Waals surface area contributed by atoms with E-state index in [-0.39, 0.29) is 12.4 Å². The number of hydrogen-bond acceptors (Lipinski definition) is 5. The molecule has 4 aromatic rings. The van der Waals surface area contributed by atoms with Crippen LogP contribution in [0.4, 0.5) is 5.82 Å². The van der Waals surface area contributed by atoms with Gasteiger partial charge in [-0.1, -0.05) is 18.2 Å². The number of nitrogens with zero attached hydrogens (tertiary/aromatic N) is 3. The molecule has 3 heterocycles.